The molecule has 0 aliphatic carbocycles. The van der Waals surface area contributed by atoms with Gasteiger partial charge in [0.15, 0.2) is 0 Å². The average Bonchev–Trinajstić information content (AvgIpc) is 2.29. The van der Waals surface area contributed by atoms with Gasteiger partial charge in [0.25, 0.3) is 0 Å². The molecule has 0 saturated heterocycles. The molecule has 1 N–H and O–H groups in total. The highest BCUT2D eigenvalue weighted by Gasteiger charge is 2.01. The van der Waals surface area contributed by atoms with E-state index in [9.17, 15) is 0 Å². The van der Waals surface area contributed by atoms with Crippen molar-refractivity contribution in [1.82, 2.24) is 5.32 Å². The molecule has 0 unspecified atom stereocenters. The highest BCUT2D eigenvalue weighted by Crippen LogP contribution is 2.21. The quantitative estimate of drug-likeness (QED) is 0.594. The topological polar surface area (TPSA) is 12.0 Å². The summed E-state index contributed by atoms with van der Waals surface area (Å²) in [4.78, 5) is 1.33. The summed E-state index contributed by atoms with van der Waals surface area (Å²) < 4.78 is 1.16. The average molecular weight is 302 g/mol. The molecule has 0 heterocycles. The van der Waals surface area contributed by atoms with E-state index in [1.807, 2.05) is 11.8 Å². The molecule has 0 bridgehead atoms. The standard InChI is InChI=1S/C13H20BrNS/c1-3-12(4-2)15-8-9-16-13-7-5-6-11(14)10-13/h5-7,10,12,15H,3-4,8-9H2,1-2H3. The fourth-order valence-electron chi connectivity index (χ4n) is 1.57. The number of thioether (sulfide) groups is 1. The third-order valence-electron chi connectivity index (χ3n) is 2.59. The van der Waals surface area contributed by atoms with E-state index in [-0.39, 0.29) is 0 Å². The molecule has 1 rings (SSSR count). The van der Waals surface area contributed by atoms with Crippen LogP contribution in [0.3, 0.4) is 0 Å². The lowest BCUT2D eigenvalue weighted by Crippen LogP contribution is -2.29. The van der Waals surface area contributed by atoms with Crippen molar-refractivity contribution in [2.75, 3.05) is 12.3 Å². The summed E-state index contributed by atoms with van der Waals surface area (Å²) in [5.74, 6) is 1.13. The van der Waals surface area contributed by atoms with Crippen LogP contribution >= 0.6 is 27.7 Å². The van der Waals surface area contributed by atoms with Gasteiger partial charge in [0.2, 0.25) is 0 Å². The monoisotopic (exact) mass is 301 g/mol. The lowest BCUT2D eigenvalue weighted by atomic mass is 10.2. The summed E-state index contributed by atoms with van der Waals surface area (Å²) in [5, 5.41) is 3.57. The van der Waals surface area contributed by atoms with E-state index in [2.05, 4.69) is 59.4 Å². The van der Waals surface area contributed by atoms with Crippen LogP contribution in [0.2, 0.25) is 0 Å². The van der Waals surface area contributed by atoms with Gasteiger partial charge in [0.05, 0.1) is 0 Å². The molecule has 3 heteroatoms. The minimum Gasteiger partial charge on any atom is -0.313 e. The van der Waals surface area contributed by atoms with E-state index in [1.165, 1.54) is 17.7 Å². The molecule has 0 radical (unpaired) electrons. The Bertz CT molecular complexity index is 300. The molecule has 0 fully saturated rings. The summed E-state index contributed by atoms with van der Waals surface area (Å²) in [7, 11) is 0. The number of hydrogen-bond donors (Lipinski definition) is 1. The molecule has 1 aromatic carbocycles. The molecule has 0 amide bonds. The Labute approximate surface area is 112 Å². The lowest BCUT2D eigenvalue weighted by molar-refractivity contribution is 0.501. The van der Waals surface area contributed by atoms with Crippen molar-refractivity contribution in [1.29, 1.82) is 0 Å². The first-order chi connectivity index (χ1) is 7.76. The van der Waals surface area contributed by atoms with E-state index < -0.39 is 0 Å². The van der Waals surface area contributed by atoms with Crippen LogP contribution in [0.15, 0.2) is 33.6 Å². The molecule has 16 heavy (non-hydrogen) atoms. The molecule has 0 atom stereocenters. The Balaban J connectivity index is 2.20. The molecule has 1 aromatic rings. The minimum atomic E-state index is 0.683. The van der Waals surface area contributed by atoms with Crippen LogP contribution in [0.1, 0.15) is 26.7 Å². The second-order valence-electron chi connectivity index (χ2n) is 3.77. The molecular formula is C13H20BrNS. The summed E-state index contributed by atoms with van der Waals surface area (Å²) in [6.45, 7) is 5.56. The van der Waals surface area contributed by atoms with Crippen LogP contribution in [-0.4, -0.2) is 18.3 Å². The molecule has 0 spiro atoms. The molecule has 0 aliphatic rings. The number of rotatable bonds is 7. The SMILES string of the molecule is CCC(CC)NCCSc1cccc(Br)c1. The van der Waals surface area contributed by atoms with E-state index in [0.29, 0.717) is 6.04 Å². The van der Waals surface area contributed by atoms with Crippen molar-refractivity contribution in [2.24, 2.45) is 0 Å². The van der Waals surface area contributed by atoms with E-state index in [1.54, 1.807) is 0 Å². The van der Waals surface area contributed by atoms with Crippen molar-refractivity contribution < 1.29 is 0 Å². The second kappa shape index (κ2) is 8.15. The second-order valence-corrected chi connectivity index (χ2v) is 5.86. The lowest BCUT2D eigenvalue weighted by Gasteiger charge is -2.14. The zero-order chi connectivity index (χ0) is 11.8. The number of hydrogen-bond acceptors (Lipinski definition) is 2. The Morgan fingerprint density at radius 1 is 1.31 bits per heavy atom. The minimum absolute atomic E-state index is 0.683. The van der Waals surface area contributed by atoms with Gasteiger partial charge in [-0.05, 0) is 31.0 Å². The van der Waals surface area contributed by atoms with Crippen LogP contribution in [0, 0.1) is 0 Å². The molecule has 0 saturated carbocycles. The predicted octanol–water partition coefficient (Wildman–Crippen LogP) is 4.32. The third-order valence-corrected chi connectivity index (χ3v) is 4.07. The highest BCUT2D eigenvalue weighted by atomic mass is 79.9. The summed E-state index contributed by atoms with van der Waals surface area (Å²) in [6.07, 6.45) is 2.44. The predicted molar refractivity (Wildman–Crippen MR) is 77.2 cm³/mol. The fourth-order valence-corrected chi connectivity index (χ4v) is 2.96. The van der Waals surface area contributed by atoms with Gasteiger partial charge in [-0.2, -0.15) is 0 Å². The van der Waals surface area contributed by atoms with E-state index >= 15 is 0 Å². The first-order valence-corrected chi connectivity index (χ1v) is 7.65. The van der Waals surface area contributed by atoms with Gasteiger partial charge in [0.1, 0.15) is 0 Å². The molecule has 1 nitrogen and oxygen atoms in total. The molecule has 0 aliphatic heterocycles. The zero-order valence-corrected chi connectivity index (χ0v) is 12.4. The van der Waals surface area contributed by atoms with Crippen molar-refractivity contribution >= 4 is 27.7 Å². The van der Waals surface area contributed by atoms with Gasteiger partial charge < -0.3 is 5.32 Å². The smallest absolute Gasteiger partial charge is 0.0186 e. The summed E-state index contributed by atoms with van der Waals surface area (Å²) in [5.41, 5.74) is 0. The summed E-state index contributed by atoms with van der Waals surface area (Å²) in [6, 6.07) is 9.16. The van der Waals surface area contributed by atoms with Crippen LogP contribution in [-0.2, 0) is 0 Å². The number of nitrogens with one attached hydrogen (secondary N) is 1. The summed E-state index contributed by atoms with van der Waals surface area (Å²) >= 11 is 5.39. The van der Waals surface area contributed by atoms with Crippen LogP contribution in [0.4, 0.5) is 0 Å². The highest BCUT2D eigenvalue weighted by molar-refractivity contribution is 9.10. The van der Waals surface area contributed by atoms with Crippen LogP contribution < -0.4 is 5.32 Å². The van der Waals surface area contributed by atoms with Crippen LogP contribution in [0.25, 0.3) is 0 Å². The first kappa shape index (κ1) is 14.1. The van der Waals surface area contributed by atoms with Crippen molar-refractivity contribution in [3.05, 3.63) is 28.7 Å². The van der Waals surface area contributed by atoms with Gasteiger partial charge in [-0.25, -0.2) is 0 Å². The zero-order valence-electron chi connectivity index (χ0n) is 10.0. The Morgan fingerprint density at radius 2 is 2.06 bits per heavy atom. The van der Waals surface area contributed by atoms with Crippen molar-refractivity contribution in [3.8, 4) is 0 Å². The van der Waals surface area contributed by atoms with Gasteiger partial charge in [-0.1, -0.05) is 35.8 Å². The Morgan fingerprint density at radius 3 is 2.69 bits per heavy atom. The van der Waals surface area contributed by atoms with Crippen molar-refractivity contribution in [3.63, 3.8) is 0 Å². The van der Waals surface area contributed by atoms with Crippen LogP contribution in [0.5, 0.6) is 0 Å². The normalized spacial score (nSPS) is 11.0. The van der Waals surface area contributed by atoms with Gasteiger partial charge >= 0.3 is 0 Å². The maximum absolute atomic E-state index is 3.57. The Hall–Kier alpha value is 0.01000. The Kier molecular flexibility index (Phi) is 7.17. The molecular weight excluding hydrogens is 282 g/mol. The molecule has 90 valence electrons. The third kappa shape index (κ3) is 5.37. The van der Waals surface area contributed by atoms with E-state index in [0.717, 1.165) is 16.8 Å². The van der Waals surface area contributed by atoms with Gasteiger partial charge in [-0.3, -0.25) is 0 Å². The molecule has 0 aromatic heterocycles. The van der Waals surface area contributed by atoms with Crippen molar-refractivity contribution in [2.45, 2.75) is 37.6 Å². The van der Waals surface area contributed by atoms with Gasteiger partial charge in [-0.15, -0.1) is 11.8 Å². The number of halogens is 1. The largest absolute Gasteiger partial charge is 0.313 e. The fraction of sp³-hybridized carbons (Fsp3) is 0.538. The maximum Gasteiger partial charge on any atom is 0.0186 e. The first-order valence-electron chi connectivity index (χ1n) is 5.88. The van der Waals surface area contributed by atoms with Gasteiger partial charge in [0, 0.05) is 27.7 Å². The van der Waals surface area contributed by atoms with E-state index in [4.69, 9.17) is 0 Å². The number of benzene rings is 1. The maximum atomic E-state index is 3.57.